The van der Waals surface area contributed by atoms with Crippen LogP contribution in [-0.4, -0.2) is 46.7 Å². The molecule has 3 aromatic heterocycles. The highest BCUT2D eigenvalue weighted by molar-refractivity contribution is 7.22. The van der Waals surface area contributed by atoms with E-state index < -0.39 is 0 Å². The molecule has 4 heterocycles. The normalized spacial score (nSPS) is 18.3. The Balaban J connectivity index is 1.74. The van der Waals surface area contributed by atoms with E-state index in [0.717, 1.165) is 51.7 Å². The number of nitrogens with zero attached hydrogens (tertiary/aromatic N) is 3. The zero-order valence-corrected chi connectivity index (χ0v) is 19.9. The van der Waals surface area contributed by atoms with E-state index in [-0.39, 0.29) is 17.8 Å². The van der Waals surface area contributed by atoms with Crippen LogP contribution in [0, 0.1) is 0 Å². The van der Waals surface area contributed by atoms with Gasteiger partial charge in [-0.2, -0.15) is 5.10 Å². The van der Waals surface area contributed by atoms with Crippen LogP contribution in [0.25, 0.3) is 20.8 Å². The van der Waals surface area contributed by atoms with Gasteiger partial charge in [0.25, 0.3) is 0 Å². The summed E-state index contributed by atoms with van der Waals surface area (Å²) in [5.74, 6) is 0.862. The molecule has 1 fully saturated rings. The first-order chi connectivity index (χ1) is 14.8. The van der Waals surface area contributed by atoms with Crippen molar-refractivity contribution < 1.29 is 9.47 Å². The second-order valence-corrected chi connectivity index (χ2v) is 10.3. The first kappa shape index (κ1) is 22.0. The van der Waals surface area contributed by atoms with Gasteiger partial charge in [0.05, 0.1) is 33.1 Å². The molecule has 0 aromatic carbocycles. The van der Waals surface area contributed by atoms with E-state index >= 15 is 0 Å². The molecule has 2 atom stereocenters. The van der Waals surface area contributed by atoms with E-state index in [1.54, 1.807) is 18.4 Å². The first-order valence-electron chi connectivity index (χ1n) is 11.0. The number of thiophene rings is 1. The zero-order valence-electron chi connectivity index (χ0n) is 19.1. The number of anilines is 2. The molecule has 0 saturated carbocycles. The van der Waals surface area contributed by atoms with E-state index in [2.05, 4.69) is 61.6 Å². The molecule has 0 radical (unpaired) electrons. The summed E-state index contributed by atoms with van der Waals surface area (Å²) in [7, 11) is 1.73. The molecule has 1 unspecified atom stereocenters. The smallest absolute Gasteiger partial charge is 0.150 e. The molecule has 0 aliphatic carbocycles. The Morgan fingerprint density at radius 1 is 1.32 bits per heavy atom. The molecular weight excluding hydrogens is 410 g/mol. The SMILES string of the molecule is COC[C@@H](C)Nc1cc(NC(C)(C)C)nc2cc(-c3ccnn3C3CCCCO3)sc12. The number of pyridine rings is 1. The minimum absolute atomic E-state index is 0.00867. The predicted molar refractivity (Wildman–Crippen MR) is 128 cm³/mol. The third kappa shape index (κ3) is 5.19. The van der Waals surface area contributed by atoms with E-state index in [1.807, 2.05) is 10.9 Å². The molecule has 2 N–H and O–H groups in total. The van der Waals surface area contributed by atoms with Crippen molar-refractivity contribution in [3.05, 3.63) is 24.4 Å². The number of rotatable bonds is 7. The van der Waals surface area contributed by atoms with Gasteiger partial charge in [-0.25, -0.2) is 9.67 Å². The molecule has 1 saturated heterocycles. The lowest BCUT2D eigenvalue weighted by atomic mass is 10.1. The fourth-order valence-electron chi connectivity index (χ4n) is 3.92. The van der Waals surface area contributed by atoms with Gasteiger partial charge in [0.1, 0.15) is 5.82 Å². The van der Waals surface area contributed by atoms with Crippen LogP contribution >= 0.6 is 11.3 Å². The topological polar surface area (TPSA) is 73.2 Å². The van der Waals surface area contributed by atoms with Gasteiger partial charge in [0.2, 0.25) is 0 Å². The van der Waals surface area contributed by atoms with Crippen LogP contribution < -0.4 is 10.6 Å². The molecule has 168 valence electrons. The Morgan fingerprint density at radius 2 is 2.16 bits per heavy atom. The minimum atomic E-state index is -0.0775. The van der Waals surface area contributed by atoms with Crippen LogP contribution in [0.3, 0.4) is 0 Å². The average molecular weight is 444 g/mol. The first-order valence-corrected chi connectivity index (χ1v) is 11.8. The van der Waals surface area contributed by atoms with Crippen molar-refractivity contribution in [1.29, 1.82) is 0 Å². The van der Waals surface area contributed by atoms with Crippen LogP contribution in [-0.2, 0) is 9.47 Å². The fraction of sp³-hybridized carbons (Fsp3) is 0.565. The average Bonchev–Trinajstić information content (AvgIpc) is 3.34. The van der Waals surface area contributed by atoms with Crippen LogP contribution in [0.15, 0.2) is 24.4 Å². The second kappa shape index (κ2) is 9.14. The van der Waals surface area contributed by atoms with Gasteiger partial charge in [0, 0.05) is 37.6 Å². The lowest BCUT2D eigenvalue weighted by Crippen LogP contribution is -2.27. The van der Waals surface area contributed by atoms with Gasteiger partial charge >= 0.3 is 0 Å². The van der Waals surface area contributed by atoms with Crippen LogP contribution in [0.5, 0.6) is 0 Å². The van der Waals surface area contributed by atoms with Crippen molar-refractivity contribution >= 4 is 33.1 Å². The number of methoxy groups -OCH3 is 1. The van der Waals surface area contributed by atoms with E-state index in [0.29, 0.717) is 6.61 Å². The van der Waals surface area contributed by atoms with E-state index in [9.17, 15) is 0 Å². The Labute approximate surface area is 188 Å². The summed E-state index contributed by atoms with van der Waals surface area (Å²) in [5.41, 5.74) is 3.04. The third-order valence-corrected chi connectivity index (χ3v) is 6.33. The fourth-order valence-corrected chi connectivity index (χ4v) is 5.01. The van der Waals surface area contributed by atoms with Gasteiger partial charge in [-0.3, -0.25) is 0 Å². The quantitative estimate of drug-likeness (QED) is 0.501. The Bertz CT molecular complexity index is 1020. The molecule has 1 aliphatic rings. The largest absolute Gasteiger partial charge is 0.383 e. The van der Waals surface area contributed by atoms with Crippen molar-refractivity contribution in [2.75, 3.05) is 31.0 Å². The molecule has 7 nitrogen and oxygen atoms in total. The predicted octanol–water partition coefficient (Wildman–Crippen LogP) is 5.52. The lowest BCUT2D eigenvalue weighted by Gasteiger charge is -2.24. The summed E-state index contributed by atoms with van der Waals surface area (Å²) in [4.78, 5) is 6.06. The highest BCUT2D eigenvalue weighted by Crippen LogP contribution is 2.39. The molecule has 31 heavy (non-hydrogen) atoms. The highest BCUT2D eigenvalue weighted by Gasteiger charge is 2.22. The van der Waals surface area contributed by atoms with Crippen molar-refractivity contribution in [2.24, 2.45) is 0 Å². The molecule has 8 heteroatoms. The summed E-state index contributed by atoms with van der Waals surface area (Å²) >= 11 is 1.74. The zero-order chi connectivity index (χ0) is 22.0. The molecule has 3 aromatic rings. The van der Waals surface area contributed by atoms with E-state index in [4.69, 9.17) is 14.5 Å². The van der Waals surface area contributed by atoms with Gasteiger partial charge in [-0.05, 0) is 59.1 Å². The Hall–Kier alpha value is -2.16. The molecule has 0 amide bonds. The van der Waals surface area contributed by atoms with E-state index in [1.165, 1.54) is 6.42 Å². The molecular formula is C23H33N5O2S. The standard InChI is InChI=1S/C23H33N5O2S/c1-15(14-29-5)25-17-13-20(27-23(2,3)4)26-16-12-19(31-22(16)17)18-9-10-24-28(18)21-8-6-7-11-30-21/h9-10,12-13,15,21H,6-8,11,14H2,1-5H3,(H2,25,26,27)/t15-,21?/m1/s1. The van der Waals surface area contributed by atoms with Crippen molar-refractivity contribution in [1.82, 2.24) is 14.8 Å². The number of fused-ring (bicyclic) bond motifs is 1. The lowest BCUT2D eigenvalue weighted by molar-refractivity contribution is -0.0383. The molecule has 0 bridgehead atoms. The second-order valence-electron chi connectivity index (χ2n) is 9.24. The van der Waals surface area contributed by atoms with Crippen LogP contribution in [0.1, 0.15) is 53.2 Å². The maximum atomic E-state index is 5.99. The highest BCUT2D eigenvalue weighted by atomic mass is 32.1. The Morgan fingerprint density at radius 3 is 2.87 bits per heavy atom. The molecule has 1 aliphatic heterocycles. The van der Waals surface area contributed by atoms with Crippen molar-refractivity contribution in [3.8, 4) is 10.6 Å². The number of aromatic nitrogens is 3. The maximum Gasteiger partial charge on any atom is 0.150 e. The minimum Gasteiger partial charge on any atom is -0.383 e. The summed E-state index contributed by atoms with van der Waals surface area (Å²) in [6.45, 7) is 9.97. The van der Waals surface area contributed by atoms with Gasteiger partial charge in [0.15, 0.2) is 6.23 Å². The Kier molecular flexibility index (Phi) is 6.50. The summed E-state index contributed by atoms with van der Waals surface area (Å²) in [6, 6.07) is 6.51. The number of ether oxygens (including phenoxy) is 2. The number of nitrogens with one attached hydrogen (secondary N) is 2. The van der Waals surface area contributed by atoms with Crippen molar-refractivity contribution in [2.45, 2.75) is 64.8 Å². The molecule has 4 rings (SSSR count). The van der Waals surface area contributed by atoms with Crippen LogP contribution in [0.4, 0.5) is 11.5 Å². The van der Waals surface area contributed by atoms with Gasteiger partial charge in [-0.15, -0.1) is 11.3 Å². The van der Waals surface area contributed by atoms with Crippen molar-refractivity contribution in [3.63, 3.8) is 0 Å². The summed E-state index contributed by atoms with van der Waals surface area (Å²) in [6.07, 6.45) is 5.16. The summed E-state index contributed by atoms with van der Waals surface area (Å²) < 4.78 is 14.5. The van der Waals surface area contributed by atoms with Gasteiger partial charge in [-0.1, -0.05) is 0 Å². The van der Waals surface area contributed by atoms with Crippen LogP contribution in [0.2, 0.25) is 0 Å². The maximum absolute atomic E-state index is 5.99. The number of hydrogen-bond donors (Lipinski definition) is 2. The third-order valence-electron chi connectivity index (χ3n) is 5.15. The number of hydrogen-bond acceptors (Lipinski definition) is 7. The monoisotopic (exact) mass is 443 g/mol. The summed E-state index contributed by atoms with van der Waals surface area (Å²) in [5, 5.41) is 11.7. The molecule has 0 spiro atoms. The van der Waals surface area contributed by atoms with Gasteiger partial charge < -0.3 is 20.1 Å².